The van der Waals surface area contributed by atoms with Crippen LogP contribution in [0.2, 0.25) is 5.02 Å². The van der Waals surface area contributed by atoms with Crippen LogP contribution in [0.4, 0.5) is 17.5 Å². The van der Waals surface area contributed by atoms with E-state index >= 15 is 0 Å². The van der Waals surface area contributed by atoms with E-state index < -0.39 is 0 Å². The molecule has 6 N–H and O–H groups in total. The molecular weight excluding hydrogens is 404 g/mol. The SMILES string of the molecule is NC(N)=NCC1CCCC(CNc2nc(NCc3ccccc3Cl)ncc2N=O)C1. The predicted octanol–water partition coefficient (Wildman–Crippen LogP) is 3.63. The zero-order valence-electron chi connectivity index (χ0n) is 16.7. The second kappa shape index (κ2) is 10.7. The molecule has 0 aliphatic heterocycles. The van der Waals surface area contributed by atoms with Crippen molar-refractivity contribution in [1.29, 1.82) is 0 Å². The molecule has 1 aromatic carbocycles. The zero-order chi connectivity index (χ0) is 21.3. The van der Waals surface area contributed by atoms with Crippen LogP contribution in [0.3, 0.4) is 0 Å². The van der Waals surface area contributed by atoms with Gasteiger partial charge in [0.2, 0.25) is 5.95 Å². The van der Waals surface area contributed by atoms with E-state index in [1.807, 2.05) is 24.3 Å². The molecule has 1 aliphatic rings. The first-order chi connectivity index (χ1) is 14.5. The molecule has 0 amide bonds. The summed E-state index contributed by atoms with van der Waals surface area (Å²) in [4.78, 5) is 23.9. The first-order valence-corrected chi connectivity index (χ1v) is 10.4. The van der Waals surface area contributed by atoms with Crippen LogP contribution in [0.1, 0.15) is 31.2 Å². The maximum atomic E-state index is 11.2. The topological polar surface area (TPSA) is 144 Å². The lowest BCUT2D eigenvalue weighted by Gasteiger charge is -2.28. The van der Waals surface area contributed by atoms with E-state index in [2.05, 4.69) is 30.8 Å². The molecule has 9 nitrogen and oxygen atoms in total. The van der Waals surface area contributed by atoms with E-state index in [0.29, 0.717) is 48.3 Å². The average Bonchev–Trinajstić information content (AvgIpc) is 2.76. The molecule has 0 saturated heterocycles. The number of nitrogens with one attached hydrogen (secondary N) is 2. The highest BCUT2D eigenvalue weighted by Crippen LogP contribution is 2.30. The summed E-state index contributed by atoms with van der Waals surface area (Å²) in [6.07, 6.45) is 5.80. The molecule has 2 unspecified atom stereocenters. The van der Waals surface area contributed by atoms with Crippen LogP contribution >= 0.6 is 11.6 Å². The smallest absolute Gasteiger partial charge is 0.225 e. The fourth-order valence-electron chi connectivity index (χ4n) is 3.70. The third kappa shape index (κ3) is 6.28. The van der Waals surface area contributed by atoms with Gasteiger partial charge in [0.05, 0.1) is 6.20 Å². The number of aliphatic imine (C=N–C) groups is 1. The Balaban J connectivity index is 1.59. The maximum Gasteiger partial charge on any atom is 0.225 e. The molecule has 3 rings (SSSR count). The molecule has 1 aromatic heterocycles. The number of rotatable bonds is 9. The highest BCUT2D eigenvalue weighted by Gasteiger charge is 2.22. The number of hydrogen-bond acceptors (Lipinski definition) is 7. The van der Waals surface area contributed by atoms with Crippen molar-refractivity contribution in [1.82, 2.24) is 9.97 Å². The number of halogens is 1. The van der Waals surface area contributed by atoms with Crippen molar-refractivity contribution in [2.45, 2.75) is 32.2 Å². The summed E-state index contributed by atoms with van der Waals surface area (Å²) in [7, 11) is 0. The molecule has 10 heteroatoms. The molecule has 2 aromatic rings. The van der Waals surface area contributed by atoms with Gasteiger partial charge in [-0.2, -0.15) is 4.98 Å². The van der Waals surface area contributed by atoms with Crippen LogP contribution in [-0.4, -0.2) is 29.0 Å². The van der Waals surface area contributed by atoms with E-state index in [1.54, 1.807) is 0 Å². The Morgan fingerprint density at radius 3 is 2.77 bits per heavy atom. The van der Waals surface area contributed by atoms with Gasteiger partial charge in [0.1, 0.15) is 0 Å². The Hall–Kier alpha value is -2.94. The summed E-state index contributed by atoms with van der Waals surface area (Å²) < 4.78 is 0. The van der Waals surface area contributed by atoms with Crippen LogP contribution in [0.25, 0.3) is 0 Å². The minimum atomic E-state index is 0.134. The van der Waals surface area contributed by atoms with Crippen molar-refractivity contribution in [2.24, 2.45) is 33.5 Å². The minimum Gasteiger partial charge on any atom is -0.370 e. The second-order valence-corrected chi connectivity index (χ2v) is 7.92. The fourth-order valence-corrected chi connectivity index (χ4v) is 3.91. The molecule has 0 bridgehead atoms. The number of nitrogens with two attached hydrogens (primary N) is 2. The highest BCUT2D eigenvalue weighted by atomic mass is 35.5. The maximum absolute atomic E-state index is 11.2. The van der Waals surface area contributed by atoms with Crippen LogP contribution in [0, 0.1) is 16.7 Å². The molecule has 0 radical (unpaired) electrons. The van der Waals surface area contributed by atoms with Gasteiger partial charge < -0.3 is 22.1 Å². The zero-order valence-corrected chi connectivity index (χ0v) is 17.5. The summed E-state index contributed by atoms with van der Waals surface area (Å²) in [5, 5.41) is 10.1. The molecule has 30 heavy (non-hydrogen) atoms. The lowest BCUT2D eigenvalue weighted by molar-refractivity contribution is 0.282. The third-order valence-corrected chi connectivity index (χ3v) is 5.61. The van der Waals surface area contributed by atoms with Crippen LogP contribution in [-0.2, 0) is 6.54 Å². The Bertz CT molecular complexity index is 887. The number of nitrogens with zero attached hydrogens (tertiary/aromatic N) is 4. The van der Waals surface area contributed by atoms with Crippen LogP contribution < -0.4 is 22.1 Å². The Morgan fingerprint density at radius 2 is 2.00 bits per heavy atom. The molecule has 1 heterocycles. The third-order valence-electron chi connectivity index (χ3n) is 5.24. The van der Waals surface area contributed by atoms with Crippen molar-refractivity contribution in [3.63, 3.8) is 0 Å². The molecule has 0 spiro atoms. The molecule has 1 saturated carbocycles. The lowest BCUT2D eigenvalue weighted by Crippen LogP contribution is -2.27. The molecule has 1 fully saturated rings. The number of anilines is 2. The van der Waals surface area contributed by atoms with Crippen molar-refractivity contribution in [2.75, 3.05) is 23.7 Å². The second-order valence-electron chi connectivity index (χ2n) is 7.51. The van der Waals surface area contributed by atoms with Crippen molar-refractivity contribution < 1.29 is 0 Å². The fraction of sp³-hybridized carbons (Fsp3) is 0.450. The predicted molar refractivity (Wildman–Crippen MR) is 121 cm³/mol. The molecule has 160 valence electrons. The van der Waals surface area contributed by atoms with Crippen molar-refractivity contribution >= 4 is 35.0 Å². The summed E-state index contributed by atoms with van der Waals surface area (Å²) in [5.41, 5.74) is 12.0. The molecular formula is C20H27ClN8O. The normalized spacial score (nSPS) is 18.4. The van der Waals surface area contributed by atoms with Gasteiger partial charge in [0.15, 0.2) is 17.5 Å². The average molecular weight is 431 g/mol. The number of benzene rings is 1. The quantitative estimate of drug-likeness (QED) is 0.270. The first kappa shape index (κ1) is 21.8. The highest BCUT2D eigenvalue weighted by molar-refractivity contribution is 6.31. The summed E-state index contributed by atoms with van der Waals surface area (Å²) in [5.74, 6) is 1.88. The van der Waals surface area contributed by atoms with Crippen molar-refractivity contribution in [3.05, 3.63) is 46.0 Å². The summed E-state index contributed by atoms with van der Waals surface area (Å²) in [6.45, 7) is 1.83. The first-order valence-electron chi connectivity index (χ1n) is 10.0. The summed E-state index contributed by atoms with van der Waals surface area (Å²) >= 11 is 6.19. The summed E-state index contributed by atoms with van der Waals surface area (Å²) in [6, 6.07) is 7.55. The van der Waals surface area contributed by atoms with E-state index in [1.165, 1.54) is 6.20 Å². The number of hydrogen-bond donors (Lipinski definition) is 4. The lowest BCUT2D eigenvalue weighted by atomic mass is 9.81. The van der Waals surface area contributed by atoms with Gasteiger partial charge in [-0.3, -0.25) is 4.99 Å². The van der Waals surface area contributed by atoms with Gasteiger partial charge in [-0.25, -0.2) is 4.98 Å². The minimum absolute atomic E-state index is 0.134. The standard InChI is InChI=1S/C20H27ClN8O/c21-16-7-2-1-6-15(16)11-26-20-27-12-17(29-30)18(28-20)24-9-13-4-3-5-14(8-13)10-25-19(22)23/h1-2,6-7,12-14H,3-5,8-11H2,(H4,22,23,25)(H2,24,26,27,28). The Kier molecular flexibility index (Phi) is 7.78. The van der Waals surface area contributed by atoms with E-state index in [0.717, 1.165) is 31.2 Å². The van der Waals surface area contributed by atoms with Crippen LogP contribution in [0.5, 0.6) is 0 Å². The van der Waals surface area contributed by atoms with Gasteiger partial charge in [-0.15, -0.1) is 4.91 Å². The molecule has 1 aliphatic carbocycles. The Morgan fingerprint density at radius 1 is 1.20 bits per heavy atom. The Labute approximate surface area is 180 Å². The monoisotopic (exact) mass is 430 g/mol. The molecule has 2 atom stereocenters. The van der Waals surface area contributed by atoms with Gasteiger partial charge in [-0.05, 0) is 47.9 Å². The van der Waals surface area contributed by atoms with Gasteiger partial charge >= 0.3 is 0 Å². The van der Waals surface area contributed by atoms with Gasteiger partial charge in [0.25, 0.3) is 0 Å². The van der Waals surface area contributed by atoms with Crippen LogP contribution in [0.15, 0.2) is 40.6 Å². The van der Waals surface area contributed by atoms with Gasteiger partial charge in [-0.1, -0.05) is 36.2 Å². The van der Waals surface area contributed by atoms with E-state index in [4.69, 9.17) is 23.1 Å². The largest absolute Gasteiger partial charge is 0.370 e. The number of guanidine groups is 1. The van der Waals surface area contributed by atoms with E-state index in [9.17, 15) is 4.91 Å². The number of nitroso groups, excluding NO2 is 1. The van der Waals surface area contributed by atoms with Gasteiger partial charge in [0, 0.05) is 24.7 Å². The van der Waals surface area contributed by atoms with Crippen molar-refractivity contribution in [3.8, 4) is 0 Å². The van der Waals surface area contributed by atoms with E-state index in [-0.39, 0.29) is 11.6 Å². The number of aromatic nitrogens is 2.